The van der Waals surface area contributed by atoms with Gasteiger partial charge in [0, 0.05) is 26.8 Å². The predicted octanol–water partition coefficient (Wildman–Crippen LogP) is 3.68. The van der Waals surface area contributed by atoms with Crippen molar-refractivity contribution in [3.05, 3.63) is 53.2 Å². The molecule has 1 aromatic heterocycles. The van der Waals surface area contributed by atoms with E-state index in [-0.39, 0.29) is 6.04 Å². The molecule has 1 aliphatic heterocycles. The average molecular weight is 374 g/mol. The number of sulfonamides is 1. The van der Waals surface area contributed by atoms with Gasteiger partial charge in [-0.25, -0.2) is 13.4 Å². The van der Waals surface area contributed by atoms with E-state index in [2.05, 4.69) is 4.98 Å². The number of hydrogen-bond donors (Lipinski definition) is 0. The molecule has 1 aliphatic rings. The summed E-state index contributed by atoms with van der Waals surface area (Å²) >= 11 is 0. The summed E-state index contributed by atoms with van der Waals surface area (Å²) in [5.74, 6) is 0.884. The minimum Gasteiger partial charge on any atom is -0.363 e. The zero-order chi connectivity index (χ0) is 18.9. The standard InChI is InChI=1S/C20H27N3O2S/c1-15-8-10-17(11-9-15)26(24,25)23-12-6-5-7-19(23)18-14-21-20(22(3)4)13-16(18)2/h8-11,13-14,19H,5-7,12H2,1-4H3. The highest BCUT2D eigenvalue weighted by Crippen LogP contribution is 2.37. The maximum Gasteiger partial charge on any atom is 0.243 e. The Balaban J connectivity index is 1.99. The van der Waals surface area contributed by atoms with E-state index in [0.29, 0.717) is 11.4 Å². The fourth-order valence-corrected chi connectivity index (χ4v) is 5.17. The fraction of sp³-hybridized carbons (Fsp3) is 0.450. The van der Waals surface area contributed by atoms with Crippen LogP contribution in [0, 0.1) is 13.8 Å². The minimum absolute atomic E-state index is 0.154. The molecule has 1 atom stereocenters. The summed E-state index contributed by atoms with van der Waals surface area (Å²) < 4.78 is 28.2. The first-order chi connectivity index (χ1) is 12.3. The van der Waals surface area contributed by atoms with E-state index >= 15 is 0 Å². The molecule has 1 saturated heterocycles. The lowest BCUT2D eigenvalue weighted by Gasteiger charge is -2.35. The molecule has 0 saturated carbocycles. The van der Waals surface area contributed by atoms with Crippen LogP contribution >= 0.6 is 0 Å². The van der Waals surface area contributed by atoms with Gasteiger partial charge in [0.05, 0.1) is 10.9 Å². The van der Waals surface area contributed by atoms with Gasteiger partial charge in [-0.05, 0) is 56.0 Å². The first-order valence-corrected chi connectivity index (χ1v) is 10.5. The van der Waals surface area contributed by atoms with Crippen molar-refractivity contribution in [1.29, 1.82) is 0 Å². The summed E-state index contributed by atoms with van der Waals surface area (Å²) in [6, 6.07) is 8.99. The van der Waals surface area contributed by atoms with Gasteiger partial charge in [-0.2, -0.15) is 4.31 Å². The Bertz CT molecular complexity index is 876. The smallest absolute Gasteiger partial charge is 0.243 e. The van der Waals surface area contributed by atoms with Gasteiger partial charge in [0.1, 0.15) is 5.82 Å². The van der Waals surface area contributed by atoms with Crippen LogP contribution in [0.2, 0.25) is 0 Å². The Morgan fingerprint density at radius 1 is 1.12 bits per heavy atom. The van der Waals surface area contributed by atoms with E-state index in [1.165, 1.54) is 0 Å². The zero-order valence-electron chi connectivity index (χ0n) is 15.9. The third kappa shape index (κ3) is 3.62. The SMILES string of the molecule is Cc1ccc(S(=O)(=O)N2CCCCC2c2cnc(N(C)C)cc2C)cc1. The molecule has 0 radical (unpaired) electrons. The lowest BCUT2D eigenvalue weighted by Crippen LogP contribution is -2.38. The second kappa shape index (κ2) is 7.37. The number of rotatable bonds is 4. The molecule has 0 aliphatic carbocycles. The van der Waals surface area contributed by atoms with Crippen LogP contribution in [0.5, 0.6) is 0 Å². The van der Waals surface area contributed by atoms with Crippen molar-refractivity contribution in [2.24, 2.45) is 0 Å². The van der Waals surface area contributed by atoms with Crippen LogP contribution in [0.15, 0.2) is 41.4 Å². The van der Waals surface area contributed by atoms with Gasteiger partial charge >= 0.3 is 0 Å². The maximum atomic E-state index is 13.3. The van der Waals surface area contributed by atoms with Crippen molar-refractivity contribution < 1.29 is 8.42 Å². The molecule has 26 heavy (non-hydrogen) atoms. The van der Waals surface area contributed by atoms with E-state index in [1.54, 1.807) is 16.4 Å². The first kappa shape index (κ1) is 18.9. The van der Waals surface area contributed by atoms with E-state index in [0.717, 1.165) is 41.8 Å². The molecule has 1 fully saturated rings. The Hall–Kier alpha value is -1.92. The molecule has 1 unspecified atom stereocenters. The third-order valence-corrected chi connectivity index (χ3v) is 6.96. The van der Waals surface area contributed by atoms with Gasteiger partial charge in [-0.3, -0.25) is 0 Å². The normalized spacial score (nSPS) is 18.7. The Morgan fingerprint density at radius 3 is 2.42 bits per heavy atom. The van der Waals surface area contributed by atoms with Gasteiger partial charge in [0.25, 0.3) is 0 Å². The van der Waals surface area contributed by atoms with Crippen molar-refractivity contribution in [3.63, 3.8) is 0 Å². The molecular formula is C20H27N3O2S. The van der Waals surface area contributed by atoms with Gasteiger partial charge in [0.15, 0.2) is 0 Å². The van der Waals surface area contributed by atoms with Crippen LogP contribution in [0.3, 0.4) is 0 Å². The van der Waals surface area contributed by atoms with Crippen LogP contribution in [0.4, 0.5) is 5.82 Å². The molecule has 0 N–H and O–H groups in total. The van der Waals surface area contributed by atoms with Crippen LogP contribution < -0.4 is 4.90 Å². The molecule has 5 nitrogen and oxygen atoms in total. The van der Waals surface area contributed by atoms with Gasteiger partial charge in [0.2, 0.25) is 10.0 Å². The summed E-state index contributed by atoms with van der Waals surface area (Å²) in [6.45, 7) is 4.55. The molecule has 0 spiro atoms. The lowest BCUT2D eigenvalue weighted by atomic mass is 9.95. The summed E-state index contributed by atoms with van der Waals surface area (Å²) in [7, 11) is 0.385. The topological polar surface area (TPSA) is 53.5 Å². The molecule has 3 rings (SSSR count). The number of pyridine rings is 1. The number of hydrogen-bond acceptors (Lipinski definition) is 4. The highest BCUT2D eigenvalue weighted by molar-refractivity contribution is 7.89. The quantitative estimate of drug-likeness (QED) is 0.820. The molecular weight excluding hydrogens is 346 g/mol. The van der Waals surface area contributed by atoms with Crippen molar-refractivity contribution in [3.8, 4) is 0 Å². The lowest BCUT2D eigenvalue weighted by molar-refractivity contribution is 0.255. The van der Waals surface area contributed by atoms with Gasteiger partial charge in [-0.1, -0.05) is 24.1 Å². The Kier molecular flexibility index (Phi) is 5.34. The summed E-state index contributed by atoms with van der Waals surface area (Å²) in [6.07, 6.45) is 4.59. The number of aryl methyl sites for hydroxylation is 2. The summed E-state index contributed by atoms with van der Waals surface area (Å²) in [5, 5.41) is 0. The zero-order valence-corrected chi connectivity index (χ0v) is 16.8. The van der Waals surface area contributed by atoms with E-state index in [4.69, 9.17) is 0 Å². The average Bonchev–Trinajstić information content (AvgIpc) is 2.62. The molecule has 140 valence electrons. The fourth-order valence-electron chi connectivity index (χ4n) is 3.49. The maximum absolute atomic E-state index is 13.3. The molecule has 6 heteroatoms. The van der Waals surface area contributed by atoms with Crippen molar-refractivity contribution >= 4 is 15.8 Å². The monoisotopic (exact) mass is 373 g/mol. The van der Waals surface area contributed by atoms with E-state index < -0.39 is 10.0 Å². The summed E-state index contributed by atoms with van der Waals surface area (Å²) in [5.41, 5.74) is 3.14. The highest BCUT2D eigenvalue weighted by atomic mass is 32.2. The van der Waals surface area contributed by atoms with Crippen LogP contribution in [-0.2, 0) is 10.0 Å². The number of piperidine rings is 1. The predicted molar refractivity (Wildman–Crippen MR) is 105 cm³/mol. The number of nitrogens with zero attached hydrogens (tertiary/aromatic N) is 3. The van der Waals surface area contributed by atoms with Crippen molar-refractivity contribution in [2.45, 2.75) is 44.0 Å². The van der Waals surface area contributed by atoms with Crippen LogP contribution in [0.25, 0.3) is 0 Å². The highest BCUT2D eigenvalue weighted by Gasteiger charge is 2.35. The molecule has 1 aromatic carbocycles. The van der Waals surface area contributed by atoms with Crippen molar-refractivity contribution in [2.75, 3.05) is 25.5 Å². The first-order valence-electron chi connectivity index (χ1n) is 9.03. The van der Waals surface area contributed by atoms with Crippen LogP contribution in [-0.4, -0.2) is 38.3 Å². The second-order valence-corrected chi connectivity index (χ2v) is 9.12. The largest absolute Gasteiger partial charge is 0.363 e. The van der Waals surface area contributed by atoms with Crippen molar-refractivity contribution in [1.82, 2.24) is 9.29 Å². The Morgan fingerprint density at radius 2 is 1.81 bits per heavy atom. The number of aromatic nitrogens is 1. The minimum atomic E-state index is -3.52. The molecule has 0 bridgehead atoms. The molecule has 2 aromatic rings. The summed E-state index contributed by atoms with van der Waals surface area (Å²) in [4.78, 5) is 6.84. The van der Waals surface area contributed by atoms with E-state index in [9.17, 15) is 8.42 Å². The van der Waals surface area contributed by atoms with Gasteiger partial charge < -0.3 is 4.90 Å². The van der Waals surface area contributed by atoms with Gasteiger partial charge in [-0.15, -0.1) is 0 Å². The number of anilines is 1. The molecule has 0 amide bonds. The third-order valence-electron chi connectivity index (χ3n) is 5.04. The number of benzene rings is 1. The second-order valence-electron chi connectivity index (χ2n) is 7.23. The molecule has 2 heterocycles. The van der Waals surface area contributed by atoms with E-state index in [1.807, 2.05) is 57.2 Å². The van der Waals surface area contributed by atoms with Crippen LogP contribution in [0.1, 0.15) is 42.0 Å². The Labute approximate surface area is 156 Å².